The second-order valence-corrected chi connectivity index (χ2v) is 10.6. The smallest absolute Gasteiger partial charge is 0.399 e. The first-order valence-corrected chi connectivity index (χ1v) is 11.8. The molecule has 9 heteroatoms. The van der Waals surface area contributed by atoms with Crippen molar-refractivity contribution in [1.29, 1.82) is 0 Å². The Bertz CT molecular complexity index is 962. The Morgan fingerprint density at radius 1 is 1.09 bits per heavy atom. The number of hydrogen-bond donors (Lipinski definition) is 1. The quantitative estimate of drug-likeness (QED) is 0.606. The van der Waals surface area contributed by atoms with Crippen LogP contribution in [0.5, 0.6) is 0 Å². The first-order valence-electron chi connectivity index (χ1n) is 11.8. The molecule has 0 aliphatic carbocycles. The van der Waals surface area contributed by atoms with Crippen LogP contribution in [0, 0.1) is 11.8 Å². The van der Waals surface area contributed by atoms with Crippen molar-refractivity contribution in [3.05, 3.63) is 36.3 Å². The summed E-state index contributed by atoms with van der Waals surface area (Å²) in [4.78, 5) is 23.1. The van der Waals surface area contributed by atoms with Gasteiger partial charge in [0.25, 0.3) is 0 Å². The molecule has 2 aliphatic heterocycles. The van der Waals surface area contributed by atoms with Gasteiger partial charge in [0, 0.05) is 12.5 Å². The van der Waals surface area contributed by atoms with Crippen LogP contribution in [0.1, 0.15) is 73.2 Å². The van der Waals surface area contributed by atoms with Gasteiger partial charge in [0.2, 0.25) is 5.91 Å². The lowest BCUT2D eigenvalue weighted by Crippen LogP contribution is -2.41. The number of imidazole rings is 1. The van der Waals surface area contributed by atoms with Crippen LogP contribution in [0.4, 0.5) is 0 Å². The van der Waals surface area contributed by atoms with E-state index in [1.54, 1.807) is 0 Å². The number of aromatic nitrogens is 2. The van der Waals surface area contributed by atoms with Crippen molar-refractivity contribution in [3.63, 3.8) is 0 Å². The van der Waals surface area contributed by atoms with Gasteiger partial charge < -0.3 is 19.2 Å². The number of likely N-dealkylation sites (tertiary alicyclic amines) is 1. The van der Waals surface area contributed by atoms with Gasteiger partial charge in [-0.3, -0.25) is 4.79 Å². The molecule has 2 saturated heterocycles. The van der Waals surface area contributed by atoms with Crippen molar-refractivity contribution in [2.75, 3.05) is 6.54 Å². The summed E-state index contributed by atoms with van der Waals surface area (Å²) in [6.45, 7) is 15.3. The van der Waals surface area contributed by atoms with E-state index in [1.807, 2.05) is 30.2 Å². The molecular weight excluding hydrogens is 465 g/mol. The maximum Gasteiger partial charge on any atom is 0.494 e. The van der Waals surface area contributed by atoms with Gasteiger partial charge in [0.05, 0.1) is 29.1 Å². The third-order valence-electron chi connectivity index (χ3n) is 7.58. The number of nitrogens with zero attached hydrogens (tertiary/aromatic N) is 2. The van der Waals surface area contributed by atoms with Crippen LogP contribution in [0.15, 0.2) is 30.5 Å². The van der Waals surface area contributed by atoms with Crippen LogP contribution >= 0.6 is 27.0 Å². The number of nitrogens with one attached hydrogen (secondary N) is 1. The zero-order chi connectivity index (χ0) is 23.3. The summed E-state index contributed by atoms with van der Waals surface area (Å²) in [6.07, 6.45) is 3.83. The molecule has 0 saturated carbocycles. The number of carbonyl (C=O) groups is 1. The lowest BCUT2D eigenvalue weighted by molar-refractivity contribution is -0.137. The largest absolute Gasteiger partial charge is 0.494 e. The highest BCUT2D eigenvalue weighted by Gasteiger charge is 2.51. The summed E-state index contributed by atoms with van der Waals surface area (Å²) >= 11 is 0. The number of rotatable bonds is 5. The summed E-state index contributed by atoms with van der Waals surface area (Å²) < 4.78 is 12.3. The average Bonchev–Trinajstić information content (AvgIpc) is 3.45. The van der Waals surface area contributed by atoms with Crippen LogP contribution in [0.25, 0.3) is 11.3 Å². The third-order valence-corrected chi connectivity index (χ3v) is 7.58. The molecule has 0 unspecified atom stereocenters. The van der Waals surface area contributed by atoms with Gasteiger partial charge in [-0.2, -0.15) is 27.0 Å². The Morgan fingerprint density at radius 3 is 2.24 bits per heavy atom. The second-order valence-electron chi connectivity index (χ2n) is 10.6. The number of H-pyrrole nitrogens is 1. The van der Waals surface area contributed by atoms with E-state index in [2.05, 4.69) is 63.6 Å². The molecule has 1 aromatic carbocycles. The van der Waals surface area contributed by atoms with Crippen LogP contribution < -0.4 is 5.46 Å². The predicted octanol–water partition coefficient (Wildman–Crippen LogP) is 4.56. The zero-order valence-corrected chi connectivity index (χ0v) is 23.4. The maximum absolute atomic E-state index is 13.0. The van der Waals surface area contributed by atoms with Crippen molar-refractivity contribution in [1.82, 2.24) is 14.9 Å². The summed E-state index contributed by atoms with van der Waals surface area (Å²) in [5.41, 5.74) is 2.30. The van der Waals surface area contributed by atoms with Crippen molar-refractivity contribution < 1.29 is 14.1 Å². The van der Waals surface area contributed by atoms with Gasteiger partial charge in [-0.25, -0.2) is 4.98 Å². The molecule has 2 aliphatic rings. The van der Waals surface area contributed by atoms with Crippen LogP contribution in [0.2, 0.25) is 0 Å². The molecule has 0 spiro atoms. The highest BCUT2D eigenvalue weighted by atomic mass is 32.1. The van der Waals surface area contributed by atoms with E-state index in [1.165, 1.54) is 0 Å². The normalized spacial score (nSPS) is 21.8. The lowest BCUT2D eigenvalue weighted by atomic mass is 9.79. The minimum absolute atomic E-state index is 0. The van der Waals surface area contributed by atoms with E-state index in [9.17, 15) is 4.79 Å². The van der Waals surface area contributed by atoms with E-state index >= 15 is 0 Å². The highest BCUT2D eigenvalue weighted by Crippen LogP contribution is 2.37. The van der Waals surface area contributed by atoms with Crippen LogP contribution in [-0.4, -0.2) is 45.6 Å². The molecule has 2 atom stereocenters. The number of hydrogen-bond acceptors (Lipinski definition) is 4. The van der Waals surface area contributed by atoms with Crippen molar-refractivity contribution in [2.24, 2.45) is 11.8 Å². The maximum atomic E-state index is 13.0. The van der Waals surface area contributed by atoms with Gasteiger partial charge in [0.15, 0.2) is 0 Å². The first kappa shape index (κ1) is 28.8. The molecule has 1 amide bonds. The molecular formula is C25H40BN3O3S2. The van der Waals surface area contributed by atoms with Crippen molar-refractivity contribution in [3.8, 4) is 11.3 Å². The molecule has 2 aromatic rings. The van der Waals surface area contributed by atoms with E-state index in [4.69, 9.17) is 9.31 Å². The molecule has 34 heavy (non-hydrogen) atoms. The Balaban J connectivity index is 0.00000204. The monoisotopic (exact) mass is 505 g/mol. The van der Waals surface area contributed by atoms with Gasteiger partial charge in [-0.05, 0) is 57.5 Å². The summed E-state index contributed by atoms with van der Waals surface area (Å²) in [6, 6.07) is 8.26. The fourth-order valence-corrected chi connectivity index (χ4v) is 4.31. The topological polar surface area (TPSA) is 67.5 Å². The fourth-order valence-electron chi connectivity index (χ4n) is 4.31. The molecule has 0 bridgehead atoms. The third kappa shape index (κ3) is 5.37. The van der Waals surface area contributed by atoms with Crippen LogP contribution in [-0.2, 0) is 14.1 Å². The van der Waals surface area contributed by atoms with E-state index in [0.717, 1.165) is 41.9 Å². The van der Waals surface area contributed by atoms with Gasteiger partial charge in [-0.1, -0.05) is 45.0 Å². The van der Waals surface area contributed by atoms with Crippen molar-refractivity contribution >= 4 is 45.5 Å². The Hall–Kier alpha value is -1.42. The fraction of sp³-hybridized carbons (Fsp3) is 0.600. The molecule has 1 aromatic heterocycles. The summed E-state index contributed by atoms with van der Waals surface area (Å²) in [5.74, 6) is 1.45. The SMILES string of the molecule is CC(C)[C@H](C)C(=O)N1CCC[C@H]1c1ncc(-c2ccc(B3OC(C)(C)C(C)(C)O3)cc2)[nH]1.S.S. The number of benzene rings is 1. The van der Waals surface area contributed by atoms with E-state index < -0.39 is 0 Å². The van der Waals surface area contributed by atoms with Crippen molar-refractivity contribution in [2.45, 2.75) is 78.6 Å². The first-order chi connectivity index (χ1) is 15.0. The van der Waals surface area contributed by atoms with Gasteiger partial charge in [0.1, 0.15) is 5.82 Å². The van der Waals surface area contributed by atoms with Crippen LogP contribution in [0.3, 0.4) is 0 Å². The van der Waals surface area contributed by atoms with E-state index in [-0.39, 0.29) is 63.2 Å². The lowest BCUT2D eigenvalue weighted by Gasteiger charge is -2.32. The second kappa shape index (κ2) is 10.7. The Labute approximate surface area is 218 Å². The molecule has 3 heterocycles. The molecule has 4 rings (SSSR count). The van der Waals surface area contributed by atoms with E-state index in [0.29, 0.717) is 5.92 Å². The minimum atomic E-state index is -0.368. The van der Waals surface area contributed by atoms with Gasteiger partial charge >= 0.3 is 7.12 Å². The predicted molar refractivity (Wildman–Crippen MR) is 148 cm³/mol. The molecule has 188 valence electrons. The molecule has 6 nitrogen and oxygen atoms in total. The average molecular weight is 506 g/mol. The van der Waals surface area contributed by atoms with Gasteiger partial charge in [-0.15, -0.1) is 0 Å². The number of amides is 1. The molecule has 2 fully saturated rings. The molecule has 0 radical (unpaired) electrons. The minimum Gasteiger partial charge on any atom is -0.399 e. The number of aromatic amines is 1. The Morgan fingerprint density at radius 2 is 1.68 bits per heavy atom. The Kier molecular flexibility index (Phi) is 9.06. The summed E-state index contributed by atoms with van der Waals surface area (Å²) in [7, 11) is -0.368. The number of carbonyl (C=O) groups excluding carboxylic acids is 1. The molecule has 1 N–H and O–H groups in total. The summed E-state index contributed by atoms with van der Waals surface area (Å²) in [5, 5.41) is 0. The highest BCUT2D eigenvalue weighted by molar-refractivity contribution is 7.59. The standard InChI is InChI=1S/C25H36BN3O3.2H2S/c1-16(2)17(3)23(30)29-14-8-9-21(29)22-27-15-20(28-22)18-10-12-19(13-11-18)26-31-24(4,5)25(6,7)32-26;;/h10-13,15-17,21H,8-9,14H2,1-7H3,(H,27,28);2*1H2/t17-,21-;;/m0../s1. The zero-order valence-electron chi connectivity index (χ0n) is 21.4.